The number of benzene rings is 2. The maximum Gasteiger partial charge on any atom is 0.257 e. The zero-order chi connectivity index (χ0) is 18.1. The van der Waals surface area contributed by atoms with Crippen LogP contribution in [-0.2, 0) is 0 Å². The fraction of sp³-hybridized carbons (Fsp3) is 0.263. The van der Waals surface area contributed by atoms with E-state index in [1.807, 2.05) is 44.2 Å². The van der Waals surface area contributed by atoms with Crippen LogP contribution >= 0.6 is 12.2 Å². The minimum Gasteiger partial charge on any atom is -0.494 e. The molecule has 1 amide bonds. The van der Waals surface area contributed by atoms with E-state index in [0.717, 1.165) is 6.42 Å². The van der Waals surface area contributed by atoms with Crippen molar-refractivity contribution < 1.29 is 14.3 Å². The highest BCUT2D eigenvalue weighted by Crippen LogP contribution is 2.23. The Morgan fingerprint density at radius 2 is 1.88 bits per heavy atom. The van der Waals surface area contributed by atoms with Crippen molar-refractivity contribution in [2.75, 3.05) is 18.5 Å². The van der Waals surface area contributed by atoms with Crippen LogP contribution in [0.3, 0.4) is 0 Å². The van der Waals surface area contributed by atoms with Gasteiger partial charge in [-0.25, -0.2) is 0 Å². The predicted molar refractivity (Wildman–Crippen MR) is 104 cm³/mol. The van der Waals surface area contributed by atoms with Crippen LogP contribution in [0.15, 0.2) is 48.5 Å². The molecule has 0 atom stereocenters. The van der Waals surface area contributed by atoms with Gasteiger partial charge in [-0.15, -0.1) is 0 Å². The minimum absolute atomic E-state index is 0.206. The molecule has 0 heterocycles. The van der Waals surface area contributed by atoms with Gasteiger partial charge in [-0.1, -0.05) is 25.1 Å². The maximum absolute atomic E-state index is 12.4. The largest absolute Gasteiger partial charge is 0.494 e. The van der Waals surface area contributed by atoms with Crippen LogP contribution in [-0.4, -0.2) is 24.2 Å². The normalized spacial score (nSPS) is 10.0. The van der Waals surface area contributed by atoms with Gasteiger partial charge < -0.3 is 14.8 Å². The Hall–Kier alpha value is -2.60. The molecule has 0 fully saturated rings. The van der Waals surface area contributed by atoms with E-state index in [-0.39, 0.29) is 11.0 Å². The number of ether oxygens (including phenoxy) is 2. The number of anilines is 1. The lowest BCUT2D eigenvalue weighted by atomic mass is 10.2. The third-order valence-corrected chi connectivity index (χ3v) is 3.44. The molecule has 2 rings (SSSR count). The van der Waals surface area contributed by atoms with Gasteiger partial charge in [0.25, 0.3) is 5.91 Å². The summed E-state index contributed by atoms with van der Waals surface area (Å²) in [4.78, 5) is 12.4. The lowest BCUT2D eigenvalue weighted by Crippen LogP contribution is -2.34. The molecule has 6 heteroatoms. The highest BCUT2D eigenvalue weighted by Gasteiger charge is 2.10. The summed E-state index contributed by atoms with van der Waals surface area (Å²) in [5, 5.41) is 5.86. The van der Waals surface area contributed by atoms with Crippen LogP contribution in [0.1, 0.15) is 30.6 Å². The number of amides is 1. The number of carbonyl (C=O) groups is 1. The van der Waals surface area contributed by atoms with Gasteiger partial charge in [-0.2, -0.15) is 0 Å². The summed E-state index contributed by atoms with van der Waals surface area (Å²) in [6, 6.07) is 14.4. The Morgan fingerprint density at radius 1 is 1.08 bits per heavy atom. The summed E-state index contributed by atoms with van der Waals surface area (Å²) < 4.78 is 11.1. The number of hydrogen-bond acceptors (Lipinski definition) is 4. The number of hydrogen-bond donors (Lipinski definition) is 2. The van der Waals surface area contributed by atoms with Crippen molar-refractivity contribution in [1.29, 1.82) is 0 Å². The van der Waals surface area contributed by atoms with Gasteiger partial charge >= 0.3 is 0 Å². The quantitative estimate of drug-likeness (QED) is 0.733. The van der Waals surface area contributed by atoms with Crippen molar-refractivity contribution in [3.05, 3.63) is 54.1 Å². The molecule has 25 heavy (non-hydrogen) atoms. The zero-order valence-electron chi connectivity index (χ0n) is 14.4. The summed E-state index contributed by atoms with van der Waals surface area (Å²) in [7, 11) is 0. The number of nitrogens with one attached hydrogen (secondary N) is 2. The molecule has 0 aliphatic carbocycles. The van der Waals surface area contributed by atoms with Crippen LogP contribution in [0.5, 0.6) is 11.5 Å². The van der Waals surface area contributed by atoms with E-state index in [1.54, 1.807) is 18.2 Å². The van der Waals surface area contributed by atoms with Crippen LogP contribution in [0.4, 0.5) is 5.69 Å². The van der Waals surface area contributed by atoms with Gasteiger partial charge in [0.1, 0.15) is 11.5 Å². The fourth-order valence-electron chi connectivity index (χ4n) is 2.13. The summed E-state index contributed by atoms with van der Waals surface area (Å²) >= 11 is 5.23. The number of rotatable bonds is 7. The second-order valence-corrected chi connectivity index (χ2v) is 5.62. The molecular weight excluding hydrogens is 336 g/mol. The van der Waals surface area contributed by atoms with Crippen LogP contribution in [0, 0.1) is 0 Å². The summed E-state index contributed by atoms with van der Waals surface area (Å²) in [6.45, 7) is 5.09. The predicted octanol–water partition coefficient (Wildman–Crippen LogP) is 4.00. The molecule has 0 saturated carbocycles. The highest BCUT2D eigenvalue weighted by molar-refractivity contribution is 7.80. The number of carbonyl (C=O) groups excluding carboxylic acids is 1. The van der Waals surface area contributed by atoms with E-state index in [1.165, 1.54) is 0 Å². The van der Waals surface area contributed by atoms with Gasteiger partial charge in [0.15, 0.2) is 5.11 Å². The van der Waals surface area contributed by atoms with E-state index in [9.17, 15) is 4.79 Å². The lowest BCUT2D eigenvalue weighted by Gasteiger charge is -2.13. The van der Waals surface area contributed by atoms with Gasteiger partial charge in [0.05, 0.1) is 18.9 Å². The summed E-state index contributed by atoms with van der Waals surface area (Å²) in [5.41, 5.74) is 1.19. The first-order chi connectivity index (χ1) is 12.1. The van der Waals surface area contributed by atoms with Crippen molar-refractivity contribution in [2.24, 2.45) is 0 Å². The Labute approximate surface area is 153 Å². The molecule has 2 N–H and O–H groups in total. The van der Waals surface area contributed by atoms with Gasteiger partial charge in [-0.05, 0) is 55.9 Å². The molecule has 5 nitrogen and oxygen atoms in total. The third-order valence-electron chi connectivity index (χ3n) is 3.23. The Morgan fingerprint density at radius 3 is 2.64 bits per heavy atom. The topological polar surface area (TPSA) is 59.6 Å². The standard InChI is InChI=1S/C19H22N2O3S/c1-3-12-24-15-9-7-8-14(13-15)18(22)21-19(25)20-16-10-5-6-11-17(16)23-4-2/h5-11,13H,3-4,12H2,1-2H3,(H2,20,21,22,25). The first-order valence-electron chi connectivity index (χ1n) is 8.21. The van der Waals surface area contributed by atoms with Gasteiger partial charge in [0.2, 0.25) is 0 Å². The van der Waals surface area contributed by atoms with Crippen molar-refractivity contribution >= 4 is 28.9 Å². The van der Waals surface area contributed by atoms with Crippen molar-refractivity contribution in [3.63, 3.8) is 0 Å². The molecule has 132 valence electrons. The van der Waals surface area contributed by atoms with Gasteiger partial charge in [-0.3, -0.25) is 10.1 Å². The molecule has 0 radical (unpaired) electrons. The monoisotopic (exact) mass is 358 g/mol. The second kappa shape index (κ2) is 9.64. The smallest absolute Gasteiger partial charge is 0.257 e. The Kier molecular flexibility index (Phi) is 7.22. The summed E-state index contributed by atoms with van der Waals surface area (Å²) in [5.74, 6) is 1.04. The highest BCUT2D eigenvalue weighted by atomic mass is 32.1. The maximum atomic E-state index is 12.4. The van der Waals surface area contributed by atoms with Crippen molar-refractivity contribution in [2.45, 2.75) is 20.3 Å². The van der Waals surface area contributed by atoms with E-state index in [0.29, 0.717) is 36.0 Å². The molecule has 2 aromatic rings. The average molecular weight is 358 g/mol. The SMILES string of the molecule is CCCOc1cccc(C(=O)NC(=S)Nc2ccccc2OCC)c1. The molecule has 0 bridgehead atoms. The minimum atomic E-state index is -0.298. The molecule has 2 aromatic carbocycles. The van der Waals surface area contributed by atoms with E-state index >= 15 is 0 Å². The van der Waals surface area contributed by atoms with Crippen molar-refractivity contribution in [3.8, 4) is 11.5 Å². The molecule has 0 saturated heterocycles. The van der Waals surface area contributed by atoms with Crippen LogP contribution in [0.25, 0.3) is 0 Å². The summed E-state index contributed by atoms with van der Waals surface area (Å²) in [6.07, 6.45) is 0.906. The molecule has 0 aliphatic rings. The third kappa shape index (κ3) is 5.76. The van der Waals surface area contributed by atoms with Gasteiger partial charge in [0, 0.05) is 5.56 Å². The fourth-order valence-corrected chi connectivity index (χ4v) is 2.33. The van der Waals surface area contributed by atoms with E-state index in [2.05, 4.69) is 10.6 Å². The molecule has 0 spiro atoms. The molecule has 0 aliphatic heterocycles. The van der Waals surface area contributed by atoms with Crippen LogP contribution in [0.2, 0.25) is 0 Å². The zero-order valence-corrected chi connectivity index (χ0v) is 15.2. The van der Waals surface area contributed by atoms with Crippen molar-refractivity contribution in [1.82, 2.24) is 5.32 Å². The first-order valence-corrected chi connectivity index (χ1v) is 8.62. The second-order valence-electron chi connectivity index (χ2n) is 5.21. The number of thiocarbonyl (C=S) groups is 1. The Bertz CT molecular complexity index is 734. The van der Waals surface area contributed by atoms with E-state index < -0.39 is 0 Å². The first kappa shape index (κ1) is 18.7. The van der Waals surface area contributed by atoms with Crippen LogP contribution < -0.4 is 20.1 Å². The van der Waals surface area contributed by atoms with E-state index in [4.69, 9.17) is 21.7 Å². The lowest BCUT2D eigenvalue weighted by molar-refractivity contribution is 0.0977. The number of para-hydroxylation sites is 2. The average Bonchev–Trinajstić information content (AvgIpc) is 2.62. The Balaban J connectivity index is 2.00. The molecular formula is C19H22N2O3S. The molecule has 0 aromatic heterocycles. The molecule has 0 unspecified atom stereocenters.